The maximum absolute atomic E-state index is 11.4. The minimum Gasteiger partial charge on any atom is -0.477 e. The quantitative estimate of drug-likeness (QED) is 0.586. The molecule has 1 aromatic rings. The molecule has 1 heterocycles. The van der Waals surface area contributed by atoms with Gasteiger partial charge < -0.3 is 21.5 Å². The van der Waals surface area contributed by atoms with Crippen molar-refractivity contribution in [1.29, 1.82) is 0 Å². The molecule has 2 rings (SSSR count). The molecule has 0 aliphatic heterocycles. The summed E-state index contributed by atoms with van der Waals surface area (Å²) < 4.78 is 0. The molecular formula is C11H14N4O3. The normalized spacial score (nSPS) is 14.0. The van der Waals surface area contributed by atoms with Crippen LogP contribution in [0.2, 0.25) is 0 Å². The molecule has 0 saturated heterocycles. The molecule has 1 aliphatic rings. The summed E-state index contributed by atoms with van der Waals surface area (Å²) in [6, 6.07) is 3.04. The average molecular weight is 250 g/mol. The van der Waals surface area contributed by atoms with E-state index in [4.69, 9.17) is 10.8 Å². The summed E-state index contributed by atoms with van der Waals surface area (Å²) in [5, 5.41) is 14.3. The Balaban J connectivity index is 1.96. The number of carboxylic acids is 1. The van der Waals surface area contributed by atoms with Crippen molar-refractivity contribution in [2.24, 2.45) is 0 Å². The van der Waals surface area contributed by atoms with E-state index in [0.29, 0.717) is 5.69 Å². The van der Waals surface area contributed by atoms with Gasteiger partial charge in [0.15, 0.2) is 11.5 Å². The summed E-state index contributed by atoms with van der Waals surface area (Å²) in [4.78, 5) is 26.0. The Morgan fingerprint density at radius 3 is 2.78 bits per heavy atom. The van der Waals surface area contributed by atoms with Gasteiger partial charge in [0.2, 0.25) is 5.91 Å². The van der Waals surface area contributed by atoms with Crippen molar-refractivity contribution in [3.63, 3.8) is 0 Å². The number of rotatable bonds is 5. The molecule has 0 bridgehead atoms. The number of carbonyl (C=O) groups excluding carboxylic acids is 1. The first-order valence-electron chi connectivity index (χ1n) is 5.59. The highest BCUT2D eigenvalue weighted by atomic mass is 16.4. The Labute approximate surface area is 103 Å². The molecule has 0 aromatic carbocycles. The lowest BCUT2D eigenvalue weighted by Gasteiger charge is -2.09. The number of aromatic carboxylic acids is 1. The molecule has 1 aliphatic carbocycles. The predicted molar refractivity (Wildman–Crippen MR) is 65.3 cm³/mol. The number of carbonyl (C=O) groups is 2. The molecule has 96 valence electrons. The van der Waals surface area contributed by atoms with Crippen LogP contribution in [-0.4, -0.2) is 34.6 Å². The number of carboxylic acid groups (broad SMARTS) is 1. The van der Waals surface area contributed by atoms with Crippen LogP contribution >= 0.6 is 0 Å². The van der Waals surface area contributed by atoms with E-state index in [9.17, 15) is 9.59 Å². The van der Waals surface area contributed by atoms with Gasteiger partial charge in [-0.15, -0.1) is 0 Å². The first-order valence-corrected chi connectivity index (χ1v) is 5.59. The van der Waals surface area contributed by atoms with Gasteiger partial charge in [0.05, 0.1) is 12.2 Å². The molecule has 1 fully saturated rings. The van der Waals surface area contributed by atoms with Crippen LogP contribution in [0.1, 0.15) is 23.3 Å². The number of nitrogen functional groups attached to an aromatic ring is 1. The smallest absolute Gasteiger partial charge is 0.354 e. The SMILES string of the molecule is Nc1ccc(C(=O)O)nc1NCC(=O)NC1CC1. The minimum absolute atomic E-state index is 0.0246. The second kappa shape index (κ2) is 4.91. The summed E-state index contributed by atoms with van der Waals surface area (Å²) in [5.74, 6) is -1.08. The molecule has 1 amide bonds. The van der Waals surface area contributed by atoms with E-state index in [1.807, 2.05) is 0 Å². The van der Waals surface area contributed by atoms with Crippen molar-refractivity contribution in [2.45, 2.75) is 18.9 Å². The van der Waals surface area contributed by atoms with E-state index < -0.39 is 5.97 Å². The summed E-state index contributed by atoms with van der Waals surface area (Å²) in [5.41, 5.74) is 5.83. The van der Waals surface area contributed by atoms with Crippen LogP contribution < -0.4 is 16.4 Å². The summed E-state index contributed by atoms with van der Waals surface area (Å²) in [6.07, 6.45) is 2.03. The van der Waals surface area contributed by atoms with Crippen LogP contribution in [0.5, 0.6) is 0 Å². The van der Waals surface area contributed by atoms with Crippen LogP contribution in [0.4, 0.5) is 11.5 Å². The van der Waals surface area contributed by atoms with Crippen molar-refractivity contribution in [2.75, 3.05) is 17.6 Å². The van der Waals surface area contributed by atoms with E-state index >= 15 is 0 Å². The van der Waals surface area contributed by atoms with Crippen molar-refractivity contribution in [3.05, 3.63) is 17.8 Å². The molecule has 1 saturated carbocycles. The Morgan fingerprint density at radius 2 is 2.17 bits per heavy atom. The van der Waals surface area contributed by atoms with Gasteiger partial charge in [-0.25, -0.2) is 9.78 Å². The maximum atomic E-state index is 11.4. The molecule has 5 N–H and O–H groups in total. The molecular weight excluding hydrogens is 236 g/mol. The number of hydrogen-bond acceptors (Lipinski definition) is 5. The van der Waals surface area contributed by atoms with Gasteiger partial charge in [-0.1, -0.05) is 0 Å². The molecule has 0 unspecified atom stereocenters. The molecule has 18 heavy (non-hydrogen) atoms. The number of hydrogen-bond donors (Lipinski definition) is 4. The third-order valence-electron chi connectivity index (χ3n) is 2.50. The van der Waals surface area contributed by atoms with Crippen LogP contribution in [0.3, 0.4) is 0 Å². The summed E-state index contributed by atoms with van der Waals surface area (Å²) in [7, 11) is 0. The predicted octanol–water partition coefficient (Wildman–Crippen LogP) is 0.0525. The Bertz CT molecular complexity index is 485. The van der Waals surface area contributed by atoms with E-state index in [2.05, 4.69) is 15.6 Å². The van der Waals surface area contributed by atoms with E-state index in [-0.39, 0.29) is 30.0 Å². The molecule has 0 spiro atoms. The summed E-state index contributed by atoms with van der Waals surface area (Å²) in [6.45, 7) is 0.0246. The number of nitrogens with two attached hydrogens (primary N) is 1. The standard InChI is InChI=1S/C11H14N4O3/c12-7-3-4-8(11(17)18)15-10(7)13-5-9(16)14-6-1-2-6/h3-4,6H,1-2,5,12H2,(H,13,15)(H,14,16)(H,17,18). The van der Waals surface area contributed by atoms with E-state index in [0.717, 1.165) is 12.8 Å². The zero-order valence-electron chi connectivity index (χ0n) is 9.64. The van der Waals surface area contributed by atoms with Crippen molar-refractivity contribution >= 4 is 23.4 Å². The summed E-state index contributed by atoms with van der Waals surface area (Å²) >= 11 is 0. The molecule has 7 nitrogen and oxygen atoms in total. The van der Waals surface area contributed by atoms with Gasteiger partial charge >= 0.3 is 5.97 Å². The number of pyridine rings is 1. The lowest BCUT2D eigenvalue weighted by Crippen LogP contribution is -2.31. The number of amides is 1. The minimum atomic E-state index is -1.14. The van der Waals surface area contributed by atoms with Crippen molar-refractivity contribution < 1.29 is 14.7 Å². The Morgan fingerprint density at radius 1 is 1.44 bits per heavy atom. The lowest BCUT2D eigenvalue weighted by atomic mass is 10.3. The average Bonchev–Trinajstić information content (AvgIpc) is 3.11. The number of nitrogens with zero attached hydrogens (tertiary/aromatic N) is 1. The van der Waals surface area contributed by atoms with E-state index in [1.54, 1.807) is 0 Å². The van der Waals surface area contributed by atoms with Gasteiger partial charge in [0.25, 0.3) is 0 Å². The number of aromatic nitrogens is 1. The largest absolute Gasteiger partial charge is 0.477 e. The van der Waals surface area contributed by atoms with Crippen molar-refractivity contribution in [3.8, 4) is 0 Å². The zero-order valence-corrected chi connectivity index (χ0v) is 9.64. The van der Waals surface area contributed by atoms with Crippen LogP contribution in [0, 0.1) is 0 Å². The Hall–Kier alpha value is -2.31. The van der Waals surface area contributed by atoms with Crippen LogP contribution in [-0.2, 0) is 4.79 Å². The first kappa shape index (κ1) is 12.2. The van der Waals surface area contributed by atoms with Crippen LogP contribution in [0.15, 0.2) is 12.1 Å². The highest BCUT2D eigenvalue weighted by molar-refractivity contribution is 5.87. The fourth-order valence-corrected chi connectivity index (χ4v) is 1.40. The molecule has 0 atom stereocenters. The fourth-order valence-electron chi connectivity index (χ4n) is 1.40. The second-order valence-corrected chi connectivity index (χ2v) is 4.13. The third-order valence-corrected chi connectivity index (χ3v) is 2.50. The highest BCUT2D eigenvalue weighted by Crippen LogP contribution is 2.18. The molecule has 0 radical (unpaired) electrons. The van der Waals surface area contributed by atoms with Gasteiger partial charge in [-0.3, -0.25) is 4.79 Å². The van der Waals surface area contributed by atoms with E-state index in [1.165, 1.54) is 12.1 Å². The molecule has 1 aromatic heterocycles. The van der Waals surface area contributed by atoms with Crippen molar-refractivity contribution in [1.82, 2.24) is 10.3 Å². The number of anilines is 2. The second-order valence-electron chi connectivity index (χ2n) is 4.13. The van der Waals surface area contributed by atoms with Gasteiger partial charge in [-0.05, 0) is 25.0 Å². The maximum Gasteiger partial charge on any atom is 0.354 e. The van der Waals surface area contributed by atoms with Gasteiger partial charge in [0, 0.05) is 6.04 Å². The van der Waals surface area contributed by atoms with Crippen LogP contribution in [0.25, 0.3) is 0 Å². The highest BCUT2D eigenvalue weighted by Gasteiger charge is 2.23. The lowest BCUT2D eigenvalue weighted by molar-refractivity contribution is -0.119. The number of nitrogens with one attached hydrogen (secondary N) is 2. The zero-order chi connectivity index (χ0) is 13.1. The van der Waals surface area contributed by atoms with Gasteiger partial charge in [0.1, 0.15) is 0 Å². The topological polar surface area (TPSA) is 117 Å². The third kappa shape index (κ3) is 3.09. The van der Waals surface area contributed by atoms with Gasteiger partial charge in [-0.2, -0.15) is 0 Å². The molecule has 7 heteroatoms. The first-order chi connectivity index (χ1) is 8.56. The monoisotopic (exact) mass is 250 g/mol. The Kier molecular flexibility index (Phi) is 3.31. The fraction of sp³-hybridized carbons (Fsp3) is 0.364.